The van der Waals surface area contributed by atoms with Crippen LogP contribution >= 0.6 is 15.6 Å². The third-order valence-electron chi connectivity index (χ3n) is 1.89. The molecule has 0 bridgehead atoms. The van der Waals surface area contributed by atoms with Gasteiger partial charge >= 0.3 is 21.6 Å². The fourth-order valence-electron chi connectivity index (χ4n) is 1.18. The van der Waals surface area contributed by atoms with Crippen LogP contribution in [0.1, 0.15) is 0 Å². The van der Waals surface area contributed by atoms with Gasteiger partial charge in [0.25, 0.3) is 5.76 Å². The molecule has 6 N–H and O–H groups in total. The van der Waals surface area contributed by atoms with Crippen LogP contribution in [-0.4, -0.2) is 54.6 Å². The fourth-order valence-corrected chi connectivity index (χ4v) is 1.94. The maximum absolute atomic E-state index is 11.2. The number of carbonyl (C=O) groups excluding carboxylic acids is 1. The molecule has 1 aliphatic heterocycles. The van der Waals surface area contributed by atoms with Gasteiger partial charge in [-0.3, -0.25) is 14.3 Å². The summed E-state index contributed by atoms with van der Waals surface area (Å²) < 4.78 is 33.1. The van der Waals surface area contributed by atoms with Crippen LogP contribution in [0.25, 0.3) is 0 Å². The Bertz CT molecular complexity index is 512. The van der Waals surface area contributed by atoms with Crippen LogP contribution in [-0.2, 0) is 27.7 Å². The Morgan fingerprint density at radius 2 is 1.75 bits per heavy atom. The zero-order valence-electron chi connectivity index (χ0n) is 9.39. The molecule has 116 valence electrons. The molecule has 14 heteroatoms. The lowest BCUT2D eigenvalue weighted by molar-refractivity contribution is -0.147. The number of aliphatic hydroxyl groups is 2. The number of carbonyl (C=O) groups is 1. The number of phosphoric ester groups is 2. The lowest BCUT2D eigenvalue weighted by Crippen LogP contribution is -2.32. The van der Waals surface area contributed by atoms with Gasteiger partial charge in [-0.25, -0.2) is 13.9 Å². The second kappa shape index (κ2) is 5.80. The SMILES string of the molecule is O=C1O[C@H]([C@@H](O)COP(=O)(O)O)C(O)=C1OP(=O)(O)O. The van der Waals surface area contributed by atoms with E-state index in [0.717, 1.165) is 0 Å². The molecule has 1 aliphatic rings. The summed E-state index contributed by atoms with van der Waals surface area (Å²) in [6, 6.07) is 0. The summed E-state index contributed by atoms with van der Waals surface area (Å²) in [5, 5.41) is 18.9. The van der Waals surface area contributed by atoms with Gasteiger partial charge in [0.15, 0.2) is 11.9 Å². The van der Waals surface area contributed by atoms with E-state index in [9.17, 15) is 24.1 Å². The maximum Gasteiger partial charge on any atom is 0.525 e. The highest BCUT2D eigenvalue weighted by Crippen LogP contribution is 2.42. The van der Waals surface area contributed by atoms with E-state index in [2.05, 4.69) is 13.8 Å². The number of aliphatic hydroxyl groups excluding tert-OH is 2. The van der Waals surface area contributed by atoms with E-state index < -0.39 is 51.9 Å². The second-order valence-corrected chi connectivity index (χ2v) is 5.88. The Labute approximate surface area is 110 Å². The maximum atomic E-state index is 11.2. The Balaban J connectivity index is 2.81. The van der Waals surface area contributed by atoms with Crippen LogP contribution in [0.3, 0.4) is 0 Å². The van der Waals surface area contributed by atoms with Gasteiger partial charge in [-0.1, -0.05) is 0 Å². The molecular formula is C6H10O12P2. The van der Waals surface area contributed by atoms with Crippen molar-refractivity contribution in [2.45, 2.75) is 12.2 Å². The standard InChI is InChI=1S/C6H10O12P2/c7-2(1-16-19(10,11)12)4-3(8)5(6(9)17-4)18-20(13,14)15/h2,4,7-8H,1H2,(H2,10,11,12)(H2,13,14,15)/t2-,4+/m0/s1. The van der Waals surface area contributed by atoms with Crippen molar-refractivity contribution in [2.75, 3.05) is 6.61 Å². The van der Waals surface area contributed by atoms with Crippen LogP contribution in [0.2, 0.25) is 0 Å². The van der Waals surface area contributed by atoms with E-state index in [-0.39, 0.29) is 0 Å². The van der Waals surface area contributed by atoms with Gasteiger partial charge < -0.3 is 29.3 Å². The molecule has 20 heavy (non-hydrogen) atoms. The summed E-state index contributed by atoms with van der Waals surface area (Å²) >= 11 is 0. The zero-order chi connectivity index (χ0) is 15.7. The molecule has 0 spiro atoms. The molecule has 0 aromatic carbocycles. The molecule has 0 fully saturated rings. The number of hydrogen-bond acceptors (Lipinski definition) is 8. The molecule has 0 unspecified atom stereocenters. The van der Waals surface area contributed by atoms with Crippen LogP contribution in [0.4, 0.5) is 0 Å². The van der Waals surface area contributed by atoms with E-state index in [1.165, 1.54) is 0 Å². The third-order valence-corrected chi connectivity index (χ3v) is 2.80. The van der Waals surface area contributed by atoms with E-state index >= 15 is 0 Å². The second-order valence-electron chi connectivity index (χ2n) is 3.48. The van der Waals surface area contributed by atoms with Crippen molar-refractivity contribution in [1.82, 2.24) is 0 Å². The van der Waals surface area contributed by atoms with Crippen LogP contribution < -0.4 is 0 Å². The first-order chi connectivity index (χ1) is 8.91. The summed E-state index contributed by atoms with van der Waals surface area (Å²) in [5.41, 5.74) is 0. The molecule has 0 saturated carbocycles. The highest BCUT2D eigenvalue weighted by atomic mass is 31.2. The first kappa shape index (κ1) is 17.1. The van der Waals surface area contributed by atoms with E-state index in [0.29, 0.717) is 0 Å². The zero-order valence-corrected chi connectivity index (χ0v) is 11.2. The first-order valence-corrected chi connectivity index (χ1v) is 7.74. The van der Waals surface area contributed by atoms with E-state index in [1.54, 1.807) is 0 Å². The third kappa shape index (κ3) is 4.85. The van der Waals surface area contributed by atoms with Gasteiger partial charge in [0.05, 0.1) is 6.61 Å². The normalized spacial score (nSPS) is 21.9. The largest absolute Gasteiger partial charge is 0.525 e. The molecule has 0 saturated heterocycles. The first-order valence-electron chi connectivity index (χ1n) is 4.68. The van der Waals surface area contributed by atoms with E-state index in [1.807, 2.05) is 0 Å². The molecule has 0 aromatic rings. The minimum atomic E-state index is -5.14. The molecule has 0 radical (unpaired) electrons. The minimum absolute atomic E-state index is 1.02. The average Bonchev–Trinajstić information content (AvgIpc) is 2.51. The Hall–Kier alpha value is -0.970. The Morgan fingerprint density at radius 1 is 1.20 bits per heavy atom. The quantitative estimate of drug-likeness (QED) is 0.236. The monoisotopic (exact) mass is 336 g/mol. The van der Waals surface area contributed by atoms with Gasteiger partial charge in [0.2, 0.25) is 0 Å². The van der Waals surface area contributed by atoms with Crippen molar-refractivity contribution in [3.63, 3.8) is 0 Å². The van der Waals surface area contributed by atoms with Gasteiger partial charge in [-0.2, -0.15) is 0 Å². The number of ether oxygens (including phenoxy) is 1. The van der Waals surface area contributed by atoms with Crippen molar-refractivity contribution < 1.29 is 57.5 Å². The van der Waals surface area contributed by atoms with Crippen molar-refractivity contribution in [2.24, 2.45) is 0 Å². The summed E-state index contributed by atoms with van der Waals surface area (Å²) in [6.07, 6.45) is -3.74. The summed E-state index contributed by atoms with van der Waals surface area (Å²) in [5.74, 6) is -3.82. The lowest BCUT2D eigenvalue weighted by atomic mass is 10.2. The van der Waals surface area contributed by atoms with Gasteiger partial charge in [-0.05, 0) is 0 Å². The molecule has 0 aromatic heterocycles. The molecule has 2 atom stereocenters. The number of rotatable bonds is 6. The number of esters is 1. The van der Waals surface area contributed by atoms with Gasteiger partial charge in [0.1, 0.15) is 6.10 Å². The minimum Gasteiger partial charge on any atom is -0.505 e. The van der Waals surface area contributed by atoms with Crippen molar-refractivity contribution >= 4 is 21.6 Å². The average molecular weight is 336 g/mol. The molecular weight excluding hydrogens is 326 g/mol. The fraction of sp³-hybridized carbons (Fsp3) is 0.500. The van der Waals surface area contributed by atoms with Crippen LogP contribution in [0, 0.1) is 0 Å². The topological polar surface area (TPSA) is 200 Å². The molecule has 0 aliphatic carbocycles. The smallest absolute Gasteiger partial charge is 0.505 e. The highest BCUT2D eigenvalue weighted by molar-refractivity contribution is 7.46. The van der Waals surface area contributed by atoms with E-state index in [4.69, 9.17) is 19.6 Å². The lowest BCUT2D eigenvalue weighted by Gasteiger charge is -2.17. The van der Waals surface area contributed by atoms with Crippen molar-refractivity contribution in [3.05, 3.63) is 11.5 Å². The summed E-state index contributed by atoms with van der Waals surface area (Å²) in [4.78, 5) is 45.0. The van der Waals surface area contributed by atoms with Gasteiger partial charge in [-0.15, -0.1) is 0 Å². The molecule has 1 rings (SSSR count). The van der Waals surface area contributed by atoms with Crippen molar-refractivity contribution in [3.8, 4) is 0 Å². The molecule has 12 nitrogen and oxygen atoms in total. The Kier molecular flexibility index (Phi) is 4.95. The van der Waals surface area contributed by atoms with Crippen LogP contribution in [0.15, 0.2) is 11.5 Å². The highest BCUT2D eigenvalue weighted by Gasteiger charge is 2.43. The van der Waals surface area contributed by atoms with Crippen molar-refractivity contribution in [1.29, 1.82) is 0 Å². The summed E-state index contributed by atoms with van der Waals surface area (Å²) in [6.45, 7) is -1.02. The predicted octanol–water partition coefficient (Wildman–Crippen LogP) is -1.74. The number of cyclic esters (lactones) is 1. The summed E-state index contributed by atoms with van der Waals surface area (Å²) in [7, 11) is -10.0. The number of hydrogen-bond donors (Lipinski definition) is 6. The molecule has 1 heterocycles. The van der Waals surface area contributed by atoms with Crippen LogP contribution in [0.5, 0.6) is 0 Å². The van der Waals surface area contributed by atoms with Gasteiger partial charge in [0, 0.05) is 0 Å². The Morgan fingerprint density at radius 3 is 2.20 bits per heavy atom. The number of phosphoric acid groups is 2. The predicted molar refractivity (Wildman–Crippen MR) is 56.7 cm³/mol. The molecule has 0 amide bonds.